The Morgan fingerprint density at radius 1 is 1.13 bits per heavy atom. The van der Waals surface area contributed by atoms with Gasteiger partial charge in [-0.2, -0.15) is 18.2 Å². The van der Waals surface area contributed by atoms with Crippen LogP contribution in [-0.2, 0) is 22.1 Å². The van der Waals surface area contributed by atoms with Gasteiger partial charge in [0.2, 0.25) is 0 Å². The molecule has 15 heteroatoms. The second-order valence-corrected chi connectivity index (χ2v) is 9.50. The first kappa shape index (κ1) is 29.4. The number of benzene rings is 1. The van der Waals surface area contributed by atoms with Crippen molar-refractivity contribution in [2.24, 2.45) is 5.73 Å². The van der Waals surface area contributed by atoms with E-state index in [4.69, 9.17) is 10.5 Å². The predicted octanol–water partition coefficient (Wildman–Crippen LogP) is 1.72. The van der Waals surface area contributed by atoms with Gasteiger partial charge >= 0.3 is 24.0 Å². The molecule has 1 aliphatic rings. The molecule has 12 nitrogen and oxygen atoms in total. The van der Waals surface area contributed by atoms with E-state index in [1.807, 2.05) is 0 Å². The van der Waals surface area contributed by atoms with Gasteiger partial charge in [-0.3, -0.25) is 14.7 Å². The normalized spacial score (nSPS) is 15.1. The van der Waals surface area contributed by atoms with Crippen LogP contribution in [0.3, 0.4) is 0 Å². The molecule has 1 aromatic carbocycles. The molecule has 4 amide bonds. The van der Waals surface area contributed by atoms with Gasteiger partial charge in [0.15, 0.2) is 5.60 Å². The molecule has 0 spiro atoms. The molecule has 39 heavy (non-hydrogen) atoms. The SMILES string of the molecule is CC(O)Cc1ccc(-n2ccc(NC(=O)N3CCN(C(=O)C(C)(C)OC(N)=O)CC3)nc2=O)cc1C(F)(F)F. The number of aliphatic hydroxyl groups is 1. The first-order valence-corrected chi connectivity index (χ1v) is 11.9. The lowest BCUT2D eigenvalue weighted by molar-refractivity contribution is -0.149. The standard InChI is InChI=1S/C24H29F3N6O6/c1-14(34)12-15-4-5-16(13-17(15)24(25,26)27)33-7-6-18(30-22(33)38)29-21(37)32-10-8-31(9-11-32)19(35)23(2,3)39-20(28)36/h4-7,13-14,34H,8-12H2,1-3H3,(H2,28,36)(H,29,30,37,38). The highest BCUT2D eigenvalue weighted by atomic mass is 19.4. The summed E-state index contributed by atoms with van der Waals surface area (Å²) in [6.07, 6.45) is -5.81. The summed E-state index contributed by atoms with van der Waals surface area (Å²) in [5.41, 5.74) is 1.43. The average molecular weight is 555 g/mol. The fourth-order valence-corrected chi connectivity index (χ4v) is 4.12. The molecule has 0 saturated carbocycles. The van der Waals surface area contributed by atoms with Gasteiger partial charge in [0.25, 0.3) is 5.91 Å². The van der Waals surface area contributed by atoms with Crippen molar-refractivity contribution in [3.05, 3.63) is 52.1 Å². The molecule has 1 aromatic heterocycles. The number of nitrogens with zero attached hydrogens (tertiary/aromatic N) is 4. The third-order valence-electron chi connectivity index (χ3n) is 5.96. The number of carbonyl (C=O) groups excluding carboxylic acids is 3. The van der Waals surface area contributed by atoms with Crippen molar-refractivity contribution in [3.8, 4) is 5.69 Å². The lowest BCUT2D eigenvalue weighted by Gasteiger charge is -2.37. The molecule has 1 unspecified atom stereocenters. The average Bonchev–Trinajstić information content (AvgIpc) is 2.82. The Labute approximate surface area is 221 Å². The Balaban J connectivity index is 1.68. The van der Waals surface area contributed by atoms with Crippen molar-refractivity contribution in [2.75, 3.05) is 31.5 Å². The number of ether oxygens (including phenoxy) is 1. The Bertz CT molecular complexity index is 1300. The van der Waals surface area contributed by atoms with Gasteiger partial charge in [-0.15, -0.1) is 0 Å². The minimum absolute atomic E-state index is 0.0870. The molecule has 1 fully saturated rings. The van der Waals surface area contributed by atoms with E-state index >= 15 is 0 Å². The smallest absolute Gasteiger partial charge is 0.416 e. The highest BCUT2D eigenvalue weighted by Gasteiger charge is 2.37. The lowest BCUT2D eigenvalue weighted by atomic mass is 10.0. The molecule has 0 aliphatic carbocycles. The Hall–Kier alpha value is -4.14. The number of hydrogen-bond donors (Lipinski definition) is 3. The van der Waals surface area contributed by atoms with E-state index in [-0.39, 0.29) is 49.7 Å². The number of halogens is 3. The molecule has 1 atom stereocenters. The second-order valence-electron chi connectivity index (χ2n) is 9.50. The number of hydrogen-bond acceptors (Lipinski definition) is 7. The molecule has 2 aromatic rings. The molecule has 1 aliphatic heterocycles. The number of amides is 4. The van der Waals surface area contributed by atoms with Gasteiger partial charge in [0.1, 0.15) is 5.82 Å². The zero-order valence-corrected chi connectivity index (χ0v) is 21.5. The minimum atomic E-state index is -4.70. The van der Waals surface area contributed by atoms with Crippen LogP contribution in [0.4, 0.5) is 28.6 Å². The molecule has 1 saturated heterocycles. The fourth-order valence-electron chi connectivity index (χ4n) is 4.12. The number of aromatic nitrogens is 2. The summed E-state index contributed by atoms with van der Waals surface area (Å²) < 4.78 is 46.5. The van der Waals surface area contributed by atoms with Crippen LogP contribution >= 0.6 is 0 Å². The largest absolute Gasteiger partial charge is 0.434 e. The van der Waals surface area contributed by atoms with Crippen molar-refractivity contribution in [1.29, 1.82) is 0 Å². The number of alkyl halides is 3. The maximum Gasteiger partial charge on any atom is 0.416 e. The van der Waals surface area contributed by atoms with Crippen LogP contribution in [0, 0.1) is 0 Å². The van der Waals surface area contributed by atoms with Crippen LogP contribution in [0.5, 0.6) is 0 Å². The lowest BCUT2D eigenvalue weighted by Crippen LogP contribution is -2.56. The fraction of sp³-hybridized carbons (Fsp3) is 0.458. The van der Waals surface area contributed by atoms with Crippen LogP contribution in [0.15, 0.2) is 35.3 Å². The molecule has 2 heterocycles. The van der Waals surface area contributed by atoms with Gasteiger partial charge < -0.3 is 25.4 Å². The number of nitrogens with two attached hydrogens (primary N) is 1. The van der Waals surface area contributed by atoms with E-state index in [1.165, 1.54) is 55.0 Å². The van der Waals surface area contributed by atoms with Crippen molar-refractivity contribution in [1.82, 2.24) is 19.4 Å². The van der Waals surface area contributed by atoms with E-state index in [0.717, 1.165) is 10.6 Å². The Morgan fingerprint density at radius 2 is 1.74 bits per heavy atom. The summed E-state index contributed by atoms with van der Waals surface area (Å²) in [6.45, 7) is 4.76. The maximum atomic E-state index is 13.6. The molecule has 0 bridgehead atoms. The molecular formula is C24H29F3N6O6. The number of aliphatic hydroxyl groups excluding tert-OH is 1. The van der Waals surface area contributed by atoms with Crippen molar-refractivity contribution >= 4 is 23.8 Å². The van der Waals surface area contributed by atoms with Crippen LogP contribution in [0.25, 0.3) is 5.69 Å². The molecule has 4 N–H and O–H groups in total. The van der Waals surface area contributed by atoms with Gasteiger partial charge in [-0.1, -0.05) is 6.07 Å². The van der Waals surface area contributed by atoms with Crippen LogP contribution < -0.4 is 16.7 Å². The van der Waals surface area contributed by atoms with E-state index in [2.05, 4.69) is 10.3 Å². The number of anilines is 1. The first-order valence-electron chi connectivity index (χ1n) is 11.9. The maximum absolute atomic E-state index is 13.6. The quantitative estimate of drug-likeness (QED) is 0.490. The summed E-state index contributed by atoms with van der Waals surface area (Å²) in [4.78, 5) is 55.4. The Kier molecular flexibility index (Phi) is 8.53. The van der Waals surface area contributed by atoms with Crippen LogP contribution in [0.2, 0.25) is 0 Å². The molecular weight excluding hydrogens is 525 g/mol. The summed E-state index contributed by atoms with van der Waals surface area (Å²) in [7, 11) is 0. The number of primary amides is 1. The second kappa shape index (κ2) is 11.3. The van der Waals surface area contributed by atoms with Crippen molar-refractivity contribution < 1.29 is 37.4 Å². The highest BCUT2D eigenvalue weighted by molar-refractivity contribution is 5.89. The van der Waals surface area contributed by atoms with Crippen molar-refractivity contribution in [2.45, 2.75) is 45.1 Å². The summed E-state index contributed by atoms with van der Waals surface area (Å²) in [6, 6.07) is 3.97. The van der Waals surface area contributed by atoms with Gasteiger partial charge in [0, 0.05) is 32.4 Å². The van der Waals surface area contributed by atoms with Gasteiger partial charge in [-0.25, -0.2) is 14.4 Å². The van der Waals surface area contributed by atoms with E-state index in [9.17, 15) is 37.5 Å². The van der Waals surface area contributed by atoms with E-state index in [1.54, 1.807) is 0 Å². The van der Waals surface area contributed by atoms with Crippen molar-refractivity contribution in [3.63, 3.8) is 0 Å². The van der Waals surface area contributed by atoms with E-state index < -0.39 is 47.2 Å². The number of carbonyl (C=O) groups is 3. The highest BCUT2D eigenvalue weighted by Crippen LogP contribution is 2.34. The van der Waals surface area contributed by atoms with Gasteiger partial charge in [0.05, 0.1) is 17.4 Å². The molecule has 3 rings (SSSR count). The Morgan fingerprint density at radius 3 is 2.28 bits per heavy atom. The summed E-state index contributed by atoms with van der Waals surface area (Å²) in [5, 5.41) is 12.0. The predicted molar refractivity (Wildman–Crippen MR) is 132 cm³/mol. The van der Waals surface area contributed by atoms with Crippen LogP contribution in [-0.4, -0.2) is 80.4 Å². The van der Waals surface area contributed by atoms with Crippen LogP contribution in [0.1, 0.15) is 31.9 Å². The third kappa shape index (κ3) is 7.25. The topological polar surface area (TPSA) is 160 Å². The first-order chi connectivity index (χ1) is 18.1. The molecule has 0 radical (unpaired) electrons. The molecule has 212 valence electrons. The summed E-state index contributed by atoms with van der Waals surface area (Å²) >= 11 is 0. The number of nitrogens with one attached hydrogen (secondary N) is 1. The summed E-state index contributed by atoms with van der Waals surface area (Å²) in [5.74, 6) is -0.586. The van der Waals surface area contributed by atoms with E-state index in [0.29, 0.717) is 0 Å². The minimum Gasteiger partial charge on any atom is -0.434 e. The van der Waals surface area contributed by atoms with Gasteiger partial charge in [-0.05, 0) is 51.0 Å². The number of urea groups is 1. The number of piperazine rings is 1. The number of rotatable bonds is 6. The zero-order chi connectivity index (χ0) is 29.1. The monoisotopic (exact) mass is 554 g/mol. The zero-order valence-electron chi connectivity index (χ0n) is 21.5. The third-order valence-corrected chi connectivity index (χ3v) is 5.96.